The van der Waals surface area contributed by atoms with E-state index in [0.717, 1.165) is 15.6 Å². The first-order valence-electron chi connectivity index (χ1n) is 7.58. The molecule has 0 aliphatic carbocycles. The summed E-state index contributed by atoms with van der Waals surface area (Å²) in [4.78, 5) is 27.6. The molecule has 0 bridgehead atoms. The van der Waals surface area contributed by atoms with Gasteiger partial charge in [0.05, 0.1) is 17.5 Å². The number of carboxylic acid groups (broad SMARTS) is 2. The molecule has 0 aromatic carbocycles. The average Bonchev–Trinajstić information content (AvgIpc) is 3.04. The smallest absolute Gasteiger partial charge is 0.352 e. The number of thiazole rings is 1. The zero-order valence-electron chi connectivity index (χ0n) is 13.7. The first kappa shape index (κ1) is 18.7. The summed E-state index contributed by atoms with van der Waals surface area (Å²) in [5, 5.41) is 22.6. The lowest BCUT2D eigenvalue weighted by Gasteiger charge is -2.25. The molecule has 136 valence electrons. The number of rotatable bonds is 6. The Balaban J connectivity index is 1.77. The third-order valence-corrected chi connectivity index (χ3v) is 6.90. The highest BCUT2D eigenvalue weighted by atomic mass is 32.2. The van der Waals surface area contributed by atoms with Crippen molar-refractivity contribution in [1.82, 2.24) is 10.3 Å². The van der Waals surface area contributed by atoms with Gasteiger partial charge >= 0.3 is 11.9 Å². The van der Waals surface area contributed by atoms with Crippen LogP contribution in [0.2, 0.25) is 0 Å². The van der Waals surface area contributed by atoms with Crippen LogP contribution in [0.15, 0.2) is 44.8 Å². The molecule has 26 heavy (non-hydrogen) atoms. The van der Waals surface area contributed by atoms with Gasteiger partial charge in [-0.15, -0.1) is 23.1 Å². The maximum Gasteiger partial charge on any atom is 0.352 e. The van der Waals surface area contributed by atoms with E-state index in [2.05, 4.69) is 10.3 Å². The molecule has 0 saturated carbocycles. The van der Waals surface area contributed by atoms with Crippen molar-refractivity contribution in [2.75, 3.05) is 5.75 Å². The molecule has 1 aliphatic rings. The van der Waals surface area contributed by atoms with Gasteiger partial charge in [-0.2, -0.15) is 0 Å². The SMILES string of the molecule is C[n+]1ccc(-c2csc(SC3=C(C(=O)O)NC(CC(=O)O)SC3)n2)cc1. The van der Waals surface area contributed by atoms with Crippen LogP contribution in [0.4, 0.5) is 0 Å². The second-order valence-electron chi connectivity index (χ2n) is 5.50. The van der Waals surface area contributed by atoms with Crippen molar-refractivity contribution < 1.29 is 24.4 Å². The van der Waals surface area contributed by atoms with E-state index in [1.807, 2.05) is 41.5 Å². The number of aliphatic carboxylic acids is 2. The maximum atomic E-state index is 11.5. The van der Waals surface area contributed by atoms with Gasteiger partial charge < -0.3 is 15.5 Å². The molecule has 10 heteroatoms. The molecule has 0 spiro atoms. The van der Waals surface area contributed by atoms with Gasteiger partial charge in [-0.25, -0.2) is 14.3 Å². The molecule has 3 N–H and O–H groups in total. The lowest BCUT2D eigenvalue weighted by Crippen LogP contribution is -2.35. The fourth-order valence-corrected chi connectivity index (χ4v) is 5.47. The molecule has 2 aromatic rings. The summed E-state index contributed by atoms with van der Waals surface area (Å²) in [6, 6.07) is 3.94. The number of hydrogen-bond acceptors (Lipinski definition) is 7. The summed E-state index contributed by atoms with van der Waals surface area (Å²) in [6.07, 6.45) is 3.75. The minimum absolute atomic E-state index is 0.0588. The first-order chi connectivity index (χ1) is 12.4. The van der Waals surface area contributed by atoms with Crippen LogP contribution >= 0.6 is 34.9 Å². The van der Waals surface area contributed by atoms with E-state index in [1.165, 1.54) is 34.9 Å². The Hall–Kier alpha value is -2.04. The van der Waals surface area contributed by atoms with Gasteiger partial charge in [0, 0.05) is 33.7 Å². The second-order valence-corrected chi connectivity index (χ2v) is 8.89. The fourth-order valence-electron chi connectivity index (χ4n) is 2.28. The lowest BCUT2D eigenvalue weighted by atomic mass is 10.2. The predicted octanol–water partition coefficient (Wildman–Crippen LogP) is 2.16. The summed E-state index contributed by atoms with van der Waals surface area (Å²) in [6.45, 7) is 0. The predicted molar refractivity (Wildman–Crippen MR) is 101 cm³/mol. The zero-order valence-corrected chi connectivity index (χ0v) is 16.2. The highest BCUT2D eigenvalue weighted by Gasteiger charge is 2.27. The third kappa shape index (κ3) is 4.57. The summed E-state index contributed by atoms with van der Waals surface area (Å²) in [5.41, 5.74) is 1.90. The van der Waals surface area contributed by atoms with Crippen molar-refractivity contribution in [1.29, 1.82) is 0 Å². The second kappa shape index (κ2) is 8.11. The normalized spacial score (nSPS) is 17.0. The number of aromatic nitrogens is 2. The molecule has 7 nitrogen and oxygen atoms in total. The molecule has 1 aliphatic heterocycles. The lowest BCUT2D eigenvalue weighted by molar-refractivity contribution is -0.671. The quantitative estimate of drug-likeness (QED) is 0.623. The Bertz CT molecular complexity index is 864. The van der Waals surface area contributed by atoms with Gasteiger partial charge in [0.1, 0.15) is 12.7 Å². The standard InChI is InChI=1S/C16H15N3O4S3/c1-19-4-2-9(3-5-19)10-7-25-16(17-10)26-11-8-24-12(6-13(20)21)18-14(11)15(22)23/h2-5,7,12,18H,6,8H2,1H3,(H-,20,21,22,23)/p+1. The van der Waals surface area contributed by atoms with Gasteiger partial charge in [0.25, 0.3) is 0 Å². The number of thioether (sulfide) groups is 2. The molecule has 0 amide bonds. The third-order valence-electron chi connectivity index (χ3n) is 3.54. The zero-order chi connectivity index (χ0) is 18.7. The fraction of sp³-hybridized carbons (Fsp3) is 0.250. The first-order valence-corrected chi connectivity index (χ1v) is 10.3. The topological polar surface area (TPSA) is 103 Å². The molecule has 0 saturated heterocycles. The number of aryl methyl sites for hydroxylation is 1. The van der Waals surface area contributed by atoms with Gasteiger partial charge in [-0.05, 0) is 0 Å². The van der Waals surface area contributed by atoms with E-state index in [4.69, 9.17) is 5.11 Å². The van der Waals surface area contributed by atoms with Crippen LogP contribution in [0, 0.1) is 0 Å². The van der Waals surface area contributed by atoms with Gasteiger partial charge in [-0.1, -0.05) is 11.8 Å². The van der Waals surface area contributed by atoms with Gasteiger partial charge in [0.2, 0.25) is 0 Å². The summed E-state index contributed by atoms with van der Waals surface area (Å²) in [5.74, 6) is -1.61. The van der Waals surface area contributed by atoms with Gasteiger partial charge in [-0.3, -0.25) is 4.79 Å². The van der Waals surface area contributed by atoms with E-state index in [9.17, 15) is 14.7 Å². The number of carboxylic acids is 2. The minimum atomic E-state index is -1.09. The number of nitrogens with one attached hydrogen (secondary N) is 1. The minimum Gasteiger partial charge on any atom is -0.481 e. The van der Waals surface area contributed by atoms with Crippen LogP contribution in [-0.2, 0) is 16.6 Å². The van der Waals surface area contributed by atoms with Crippen molar-refractivity contribution >= 4 is 46.8 Å². The monoisotopic (exact) mass is 410 g/mol. The van der Waals surface area contributed by atoms with Crippen molar-refractivity contribution in [2.45, 2.75) is 16.1 Å². The summed E-state index contributed by atoms with van der Waals surface area (Å²) >= 11 is 4.15. The average molecular weight is 411 g/mol. The molecule has 1 atom stereocenters. The summed E-state index contributed by atoms with van der Waals surface area (Å²) < 4.78 is 2.69. The van der Waals surface area contributed by atoms with Crippen LogP contribution < -0.4 is 9.88 Å². The van der Waals surface area contributed by atoms with E-state index < -0.39 is 17.3 Å². The van der Waals surface area contributed by atoms with Crippen molar-refractivity contribution in [2.24, 2.45) is 7.05 Å². The highest BCUT2D eigenvalue weighted by molar-refractivity contribution is 8.07. The largest absolute Gasteiger partial charge is 0.481 e. The van der Waals surface area contributed by atoms with Crippen molar-refractivity contribution in [3.05, 3.63) is 40.5 Å². The van der Waals surface area contributed by atoms with E-state index >= 15 is 0 Å². The van der Waals surface area contributed by atoms with Crippen molar-refractivity contribution in [3.8, 4) is 11.3 Å². The molecule has 3 rings (SSSR count). The van der Waals surface area contributed by atoms with E-state index in [1.54, 1.807) is 0 Å². The van der Waals surface area contributed by atoms with Crippen molar-refractivity contribution in [3.63, 3.8) is 0 Å². The Morgan fingerprint density at radius 3 is 2.77 bits per heavy atom. The molecule has 1 unspecified atom stereocenters. The Labute approximate surface area is 162 Å². The van der Waals surface area contributed by atoms with Crippen LogP contribution in [-0.4, -0.2) is 38.3 Å². The Morgan fingerprint density at radius 1 is 1.38 bits per heavy atom. The van der Waals surface area contributed by atoms with E-state index in [-0.39, 0.29) is 12.1 Å². The van der Waals surface area contributed by atoms with Crippen LogP contribution in [0.3, 0.4) is 0 Å². The van der Waals surface area contributed by atoms with Crippen LogP contribution in [0.1, 0.15) is 6.42 Å². The highest BCUT2D eigenvalue weighted by Crippen LogP contribution is 2.38. The Morgan fingerprint density at radius 2 is 2.12 bits per heavy atom. The summed E-state index contributed by atoms with van der Waals surface area (Å²) in [7, 11) is 1.94. The Kier molecular flexibility index (Phi) is 5.84. The number of carbonyl (C=O) groups is 2. The maximum absolute atomic E-state index is 11.5. The molecule has 2 aromatic heterocycles. The number of pyridine rings is 1. The van der Waals surface area contributed by atoms with Gasteiger partial charge in [0.15, 0.2) is 16.7 Å². The molecular formula is C16H16N3O4S3+. The van der Waals surface area contributed by atoms with Crippen LogP contribution in [0.25, 0.3) is 11.3 Å². The molecule has 0 radical (unpaired) electrons. The molecule has 0 fully saturated rings. The van der Waals surface area contributed by atoms with E-state index in [0.29, 0.717) is 10.7 Å². The molecule has 3 heterocycles. The number of hydrogen-bond donors (Lipinski definition) is 3. The molecular weight excluding hydrogens is 394 g/mol. The van der Waals surface area contributed by atoms with Crippen LogP contribution in [0.5, 0.6) is 0 Å². The number of nitrogens with zero attached hydrogens (tertiary/aromatic N) is 2.